The number of allylic oxidation sites excluding steroid dienone is 1. The van der Waals surface area contributed by atoms with Gasteiger partial charge in [0.25, 0.3) is 0 Å². The lowest BCUT2D eigenvalue weighted by Gasteiger charge is -2.46. The van der Waals surface area contributed by atoms with Gasteiger partial charge in [-0.05, 0) is 49.7 Å². The zero-order valence-electron chi connectivity index (χ0n) is 17.5. The molecule has 0 spiro atoms. The first-order valence-corrected chi connectivity index (χ1v) is 11.1. The van der Waals surface area contributed by atoms with E-state index < -0.39 is 5.41 Å². The van der Waals surface area contributed by atoms with E-state index in [0.717, 1.165) is 43.4 Å². The lowest BCUT2D eigenvalue weighted by atomic mass is 9.69. The largest absolute Gasteiger partial charge is 0.355 e. The Kier molecular flexibility index (Phi) is 6.32. The number of hydrogen-bond donors (Lipinski definition) is 1. The SMILES string of the molecule is O=C1CCC2(C(=O)NCCCc3ccccc3)CCCC=C2N1Cc1ccccc1. The van der Waals surface area contributed by atoms with Crippen LogP contribution in [-0.4, -0.2) is 23.3 Å². The Morgan fingerprint density at radius 2 is 1.67 bits per heavy atom. The highest BCUT2D eigenvalue weighted by atomic mass is 16.2. The molecule has 1 aliphatic heterocycles. The molecule has 4 heteroatoms. The standard InChI is InChI=1S/C26H30N2O2/c29-24-16-18-26(25(30)27-19-9-14-21-10-3-1-4-11-21)17-8-7-15-23(26)28(24)20-22-12-5-2-6-13-22/h1-6,10-13,15H,7-9,14,16-20H2,(H,27,30). The van der Waals surface area contributed by atoms with Crippen molar-refractivity contribution in [2.45, 2.75) is 51.5 Å². The second-order valence-corrected chi connectivity index (χ2v) is 8.37. The first-order chi connectivity index (χ1) is 14.7. The van der Waals surface area contributed by atoms with Crippen molar-refractivity contribution in [1.82, 2.24) is 10.2 Å². The first-order valence-electron chi connectivity index (χ1n) is 11.1. The van der Waals surface area contributed by atoms with Gasteiger partial charge in [0, 0.05) is 18.7 Å². The summed E-state index contributed by atoms with van der Waals surface area (Å²) >= 11 is 0. The zero-order valence-corrected chi connectivity index (χ0v) is 17.5. The fourth-order valence-electron chi connectivity index (χ4n) is 4.77. The number of rotatable bonds is 7. The zero-order chi connectivity index (χ0) is 20.8. The summed E-state index contributed by atoms with van der Waals surface area (Å²) in [5.41, 5.74) is 2.75. The lowest BCUT2D eigenvalue weighted by molar-refractivity contribution is -0.141. The average molecular weight is 403 g/mol. The summed E-state index contributed by atoms with van der Waals surface area (Å²) in [5, 5.41) is 3.19. The Labute approximate surface area is 179 Å². The van der Waals surface area contributed by atoms with Crippen LogP contribution in [0.5, 0.6) is 0 Å². The quantitative estimate of drug-likeness (QED) is 0.688. The van der Waals surface area contributed by atoms with Crippen molar-refractivity contribution < 1.29 is 9.59 Å². The number of carbonyl (C=O) groups is 2. The molecule has 1 aliphatic carbocycles. The van der Waals surface area contributed by atoms with Crippen LogP contribution in [0.1, 0.15) is 49.7 Å². The molecular weight excluding hydrogens is 372 g/mol. The molecule has 2 aromatic rings. The maximum Gasteiger partial charge on any atom is 0.232 e. The van der Waals surface area contributed by atoms with E-state index in [4.69, 9.17) is 0 Å². The third kappa shape index (κ3) is 4.33. The van der Waals surface area contributed by atoms with Crippen LogP contribution in [0, 0.1) is 5.41 Å². The summed E-state index contributed by atoms with van der Waals surface area (Å²) in [6, 6.07) is 20.4. The number of nitrogens with zero attached hydrogens (tertiary/aromatic N) is 1. The summed E-state index contributed by atoms with van der Waals surface area (Å²) in [5.74, 6) is 0.214. The summed E-state index contributed by atoms with van der Waals surface area (Å²) in [6.07, 6.45) is 7.79. The van der Waals surface area contributed by atoms with Gasteiger partial charge in [-0.2, -0.15) is 0 Å². The van der Waals surface area contributed by atoms with Crippen LogP contribution in [0.2, 0.25) is 0 Å². The van der Waals surface area contributed by atoms with Crippen LogP contribution in [0.25, 0.3) is 0 Å². The van der Waals surface area contributed by atoms with E-state index in [9.17, 15) is 9.59 Å². The van der Waals surface area contributed by atoms with Gasteiger partial charge in [0.05, 0.1) is 12.0 Å². The number of carbonyl (C=O) groups excluding carboxylic acids is 2. The number of amides is 2. The fourth-order valence-corrected chi connectivity index (χ4v) is 4.77. The number of likely N-dealkylation sites (tertiary alicyclic amines) is 1. The molecule has 2 aliphatic rings. The Bertz CT molecular complexity index is 907. The number of hydrogen-bond acceptors (Lipinski definition) is 2. The minimum atomic E-state index is -0.562. The molecule has 1 saturated heterocycles. The molecule has 2 aromatic carbocycles. The minimum Gasteiger partial charge on any atom is -0.355 e. The second-order valence-electron chi connectivity index (χ2n) is 8.37. The molecule has 4 nitrogen and oxygen atoms in total. The number of aryl methyl sites for hydroxylation is 1. The number of fused-ring (bicyclic) bond motifs is 1. The van der Waals surface area contributed by atoms with Crippen LogP contribution >= 0.6 is 0 Å². The van der Waals surface area contributed by atoms with Crippen molar-refractivity contribution >= 4 is 11.8 Å². The molecule has 0 saturated carbocycles. The maximum atomic E-state index is 13.4. The average Bonchev–Trinajstić information content (AvgIpc) is 2.80. The van der Waals surface area contributed by atoms with Gasteiger partial charge in [-0.1, -0.05) is 66.7 Å². The van der Waals surface area contributed by atoms with E-state index in [1.165, 1.54) is 5.56 Å². The van der Waals surface area contributed by atoms with E-state index in [1.54, 1.807) is 0 Å². The normalized spacial score (nSPS) is 21.0. The predicted octanol–water partition coefficient (Wildman–Crippen LogP) is 4.61. The highest BCUT2D eigenvalue weighted by Gasteiger charge is 2.49. The monoisotopic (exact) mass is 402 g/mol. The predicted molar refractivity (Wildman–Crippen MR) is 118 cm³/mol. The number of benzene rings is 2. The van der Waals surface area contributed by atoms with Gasteiger partial charge in [0.1, 0.15) is 0 Å². The highest BCUT2D eigenvalue weighted by Crippen LogP contribution is 2.47. The molecule has 1 fully saturated rings. The molecule has 0 aromatic heterocycles. The van der Waals surface area contributed by atoms with Crippen LogP contribution in [0.4, 0.5) is 0 Å². The molecule has 1 atom stereocenters. The van der Waals surface area contributed by atoms with Gasteiger partial charge in [-0.15, -0.1) is 0 Å². The number of nitrogens with one attached hydrogen (secondary N) is 1. The molecule has 156 valence electrons. The van der Waals surface area contributed by atoms with Crippen molar-refractivity contribution in [2.24, 2.45) is 5.41 Å². The topological polar surface area (TPSA) is 49.4 Å². The molecule has 2 amide bonds. The Balaban J connectivity index is 1.44. The minimum absolute atomic E-state index is 0.0899. The van der Waals surface area contributed by atoms with E-state index in [0.29, 0.717) is 25.9 Å². The van der Waals surface area contributed by atoms with Gasteiger partial charge in [-0.3, -0.25) is 9.59 Å². The summed E-state index contributed by atoms with van der Waals surface area (Å²) < 4.78 is 0. The van der Waals surface area contributed by atoms with Gasteiger partial charge < -0.3 is 10.2 Å². The third-order valence-corrected chi connectivity index (χ3v) is 6.38. The second kappa shape index (κ2) is 9.29. The Morgan fingerprint density at radius 3 is 2.40 bits per heavy atom. The van der Waals surface area contributed by atoms with Crippen LogP contribution in [-0.2, 0) is 22.6 Å². The summed E-state index contributed by atoms with van der Waals surface area (Å²) in [6.45, 7) is 1.20. The van der Waals surface area contributed by atoms with E-state index in [2.05, 4.69) is 23.5 Å². The molecule has 0 radical (unpaired) electrons. The van der Waals surface area contributed by atoms with Crippen molar-refractivity contribution in [3.8, 4) is 0 Å². The highest BCUT2D eigenvalue weighted by molar-refractivity contribution is 5.91. The maximum absolute atomic E-state index is 13.4. The molecule has 0 bridgehead atoms. The van der Waals surface area contributed by atoms with Gasteiger partial charge >= 0.3 is 0 Å². The first kappa shape index (κ1) is 20.4. The van der Waals surface area contributed by atoms with E-state index in [-0.39, 0.29) is 11.8 Å². The van der Waals surface area contributed by atoms with Crippen LogP contribution in [0.15, 0.2) is 72.4 Å². The molecule has 1 N–H and O–H groups in total. The van der Waals surface area contributed by atoms with Crippen molar-refractivity contribution in [3.05, 3.63) is 83.6 Å². The summed E-state index contributed by atoms with van der Waals surface area (Å²) in [7, 11) is 0. The van der Waals surface area contributed by atoms with Crippen molar-refractivity contribution in [2.75, 3.05) is 6.54 Å². The molecule has 1 heterocycles. The smallest absolute Gasteiger partial charge is 0.232 e. The van der Waals surface area contributed by atoms with Crippen LogP contribution < -0.4 is 5.32 Å². The Hall–Kier alpha value is -2.88. The molecular formula is C26H30N2O2. The van der Waals surface area contributed by atoms with Gasteiger partial charge in [0.15, 0.2) is 0 Å². The molecule has 4 rings (SSSR count). The van der Waals surface area contributed by atoms with Gasteiger partial charge in [0.2, 0.25) is 11.8 Å². The van der Waals surface area contributed by atoms with E-state index in [1.807, 2.05) is 53.4 Å². The summed E-state index contributed by atoms with van der Waals surface area (Å²) in [4.78, 5) is 28.0. The molecule has 1 unspecified atom stereocenters. The van der Waals surface area contributed by atoms with Gasteiger partial charge in [-0.25, -0.2) is 0 Å². The fraction of sp³-hybridized carbons (Fsp3) is 0.385. The lowest BCUT2D eigenvalue weighted by Crippen LogP contribution is -2.52. The Morgan fingerprint density at radius 1 is 0.967 bits per heavy atom. The third-order valence-electron chi connectivity index (χ3n) is 6.38. The van der Waals surface area contributed by atoms with Crippen molar-refractivity contribution in [1.29, 1.82) is 0 Å². The number of piperidine rings is 1. The van der Waals surface area contributed by atoms with Crippen LogP contribution in [0.3, 0.4) is 0 Å². The van der Waals surface area contributed by atoms with E-state index >= 15 is 0 Å². The molecule has 30 heavy (non-hydrogen) atoms. The van der Waals surface area contributed by atoms with Crippen molar-refractivity contribution in [3.63, 3.8) is 0 Å².